The molecule has 1 aromatic carbocycles. The molecule has 0 saturated carbocycles. The van der Waals surface area contributed by atoms with Crippen LogP contribution in [0, 0.1) is 0 Å². The third-order valence-corrected chi connectivity index (χ3v) is 4.10. The monoisotopic (exact) mass is 267 g/mol. The maximum atomic E-state index is 11.7. The number of fused-ring (bicyclic) bond motifs is 1. The van der Waals surface area contributed by atoms with Gasteiger partial charge in [0, 0.05) is 6.26 Å². The molecule has 5 heteroatoms. The lowest BCUT2D eigenvalue weighted by Gasteiger charge is -2.27. The molecule has 98 valence electrons. The van der Waals surface area contributed by atoms with Crippen molar-refractivity contribution in [3.63, 3.8) is 0 Å². The number of hydrogen-bond acceptors (Lipinski definition) is 3. The van der Waals surface area contributed by atoms with Crippen LogP contribution in [-0.2, 0) is 26.6 Å². The van der Waals surface area contributed by atoms with Crippen LogP contribution in [0.1, 0.15) is 24.5 Å². The lowest BCUT2D eigenvalue weighted by molar-refractivity contribution is -0.120. The summed E-state index contributed by atoms with van der Waals surface area (Å²) in [4.78, 5) is 11.7. The summed E-state index contributed by atoms with van der Waals surface area (Å²) in [6, 6.07) is 7.94. The first-order chi connectivity index (χ1) is 8.30. The summed E-state index contributed by atoms with van der Waals surface area (Å²) in [6.07, 6.45) is 2.78. The summed E-state index contributed by atoms with van der Waals surface area (Å²) < 4.78 is 22.2. The fraction of sp³-hybridized carbons (Fsp3) is 0.462. The van der Waals surface area contributed by atoms with E-state index in [-0.39, 0.29) is 0 Å². The fourth-order valence-electron chi connectivity index (χ4n) is 2.51. The largest absolute Gasteiger partial charge is 0.346 e. The van der Waals surface area contributed by atoms with E-state index < -0.39 is 27.0 Å². The normalized spacial score (nSPS) is 22.6. The summed E-state index contributed by atoms with van der Waals surface area (Å²) in [5.41, 5.74) is 1.87. The van der Waals surface area contributed by atoms with Gasteiger partial charge in [0.25, 0.3) is 0 Å². The van der Waals surface area contributed by atoms with Gasteiger partial charge < -0.3 is 5.32 Å². The Labute approximate surface area is 107 Å². The van der Waals surface area contributed by atoms with E-state index in [9.17, 15) is 13.2 Å². The minimum Gasteiger partial charge on any atom is -0.346 e. The first kappa shape index (κ1) is 13.1. The zero-order valence-corrected chi connectivity index (χ0v) is 11.4. The zero-order chi connectivity index (χ0) is 13.4. The maximum absolute atomic E-state index is 11.7. The van der Waals surface area contributed by atoms with E-state index in [1.54, 1.807) is 0 Å². The average Bonchev–Trinajstić information content (AvgIpc) is 2.54. The van der Waals surface area contributed by atoms with Gasteiger partial charge in [-0.3, -0.25) is 4.79 Å². The van der Waals surface area contributed by atoms with Crippen molar-refractivity contribution in [1.29, 1.82) is 0 Å². The smallest absolute Gasteiger partial charge is 0.235 e. The molecule has 18 heavy (non-hydrogen) atoms. The van der Waals surface area contributed by atoms with E-state index in [4.69, 9.17) is 0 Å². The van der Waals surface area contributed by atoms with Crippen LogP contribution in [0.3, 0.4) is 0 Å². The van der Waals surface area contributed by atoms with E-state index in [0.29, 0.717) is 0 Å². The highest BCUT2D eigenvalue weighted by molar-refractivity contribution is 7.91. The number of aryl methyl sites for hydroxylation is 1. The predicted molar refractivity (Wildman–Crippen MR) is 70.0 cm³/mol. The number of amides is 1. The highest BCUT2D eigenvalue weighted by atomic mass is 32.2. The van der Waals surface area contributed by atoms with Gasteiger partial charge in [-0.25, -0.2) is 8.42 Å². The molecule has 0 unspecified atom stereocenters. The van der Waals surface area contributed by atoms with E-state index >= 15 is 0 Å². The van der Waals surface area contributed by atoms with Crippen molar-refractivity contribution in [2.75, 3.05) is 12.0 Å². The molecule has 2 rings (SSSR count). The van der Waals surface area contributed by atoms with Crippen molar-refractivity contribution in [1.82, 2.24) is 5.32 Å². The first-order valence-corrected chi connectivity index (χ1v) is 7.93. The van der Waals surface area contributed by atoms with Gasteiger partial charge >= 0.3 is 0 Å². The number of benzene rings is 1. The van der Waals surface area contributed by atoms with Crippen molar-refractivity contribution in [2.45, 2.75) is 25.3 Å². The van der Waals surface area contributed by atoms with Crippen molar-refractivity contribution in [3.8, 4) is 0 Å². The van der Waals surface area contributed by atoms with Crippen molar-refractivity contribution < 1.29 is 13.2 Å². The highest BCUT2D eigenvalue weighted by Gasteiger charge is 2.35. The molecule has 4 nitrogen and oxygen atoms in total. The highest BCUT2D eigenvalue weighted by Crippen LogP contribution is 2.36. The maximum Gasteiger partial charge on any atom is 0.235 e. The Balaban J connectivity index is 2.18. The lowest BCUT2D eigenvalue weighted by Crippen LogP contribution is -2.44. The number of rotatable bonds is 3. The predicted octanol–water partition coefficient (Wildman–Crippen LogP) is 1.01. The second-order valence-electron chi connectivity index (χ2n) is 5.11. The molecule has 0 bridgehead atoms. The minimum absolute atomic E-state index is 0.434. The van der Waals surface area contributed by atoms with Gasteiger partial charge in [0.15, 0.2) is 9.84 Å². The molecule has 0 fully saturated rings. The molecule has 1 aromatic rings. The Bertz CT molecular complexity index is 580. The van der Waals surface area contributed by atoms with Gasteiger partial charge in [0.1, 0.15) is 5.75 Å². The molecule has 1 atom stereocenters. The van der Waals surface area contributed by atoms with Crippen LogP contribution in [0.5, 0.6) is 0 Å². The topological polar surface area (TPSA) is 63.2 Å². The molecule has 0 saturated heterocycles. The summed E-state index contributed by atoms with van der Waals surface area (Å²) in [5.74, 6) is -0.887. The first-order valence-electron chi connectivity index (χ1n) is 5.87. The molecule has 0 aromatic heterocycles. The molecule has 1 N–H and O–H groups in total. The number of sulfone groups is 1. The van der Waals surface area contributed by atoms with Gasteiger partial charge in [-0.15, -0.1) is 0 Å². The number of nitrogens with one attached hydrogen (secondary N) is 1. The Morgan fingerprint density at radius 1 is 1.39 bits per heavy atom. The summed E-state index contributed by atoms with van der Waals surface area (Å²) in [5, 5.41) is 2.85. The van der Waals surface area contributed by atoms with Crippen molar-refractivity contribution in [3.05, 3.63) is 35.4 Å². The minimum atomic E-state index is -3.28. The zero-order valence-electron chi connectivity index (χ0n) is 10.6. The Morgan fingerprint density at radius 3 is 2.72 bits per heavy atom. The Kier molecular flexibility index (Phi) is 3.19. The van der Waals surface area contributed by atoms with E-state index in [0.717, 1.165) is 24.7 Å². The standard InChI is InChI=1S/C13H17NO3S/c1-13(14-12(15)9-18(2,16)17)8-7-10-5-3-4-6-11(10)13/h3-6H,7-9H2,1-2H3,(H,14,15)/t13-/m0/s1. The molecule has 0 aliphatic heterocycles. The van der Waals surface area contributed by atoms with E-state index in [2.05, 4.69) is 5.32 Å². The molecule has 1 amide bonds. The number of carbonyl (C=O) groups excluding carboxylic acids is 1. The molecule has 1 aliphatic carbocycles. The van der Waals surface area contributed by atoms with Crippen LogP contribution in [0.2, 0.25) is 0 Å². The Hall–Kier alpha value is -1.36. The van der Waals surface area contributed by atoms with Crippen LogP contribution in [0.15, 0.2) is 24.3 Å². The second-order valence-corrected chi connectivity index (χ2v) is 7.25. The van der Waals surface area contributed by atoms with E-state index in [1.807, 2.05) is 31.2 Å². The van der Waals surface area contributed by atoms with Gasteiger partial charge in [-0.05, 0) is 30.9 Å². The molecule has 0 spiro atoms. The van der Waals surface area contributed by atoms with Gasteiger partial charge in [-0.1, -0.05) is 24.3 Å². The third-order valence-electron chi connectivity index (χ3n) is 3.31. The number of carbonyl (C=O) groups is 1. The molecule has 1 aliphatic rings. The quantitative estimate of drug-likeness (QED) is 0.889. The van der Waals surface area contributed by atoms with Crippen LogP contribution in [0.25, 0.3) is 0 Å². The SMILES string of the molecule is C[C@]1(NC(=O)CS(C)(=O)=O)CCc2ccccc21. The lowest BCUT2D eigenvalue weighted by atomic mass is 9.94. The van der Waals surface area contributed by atoms with Crippen molar-refractivity contribution in [2.24, 2.45) is 0 Å². The van der Waals surface area contributed by atoms with Crippen LogP contribution < -0.4 is 5.32 Å². The molecular formula is C13H17NO3S. The summed E-state index contributed by atoms with van der Waals surface area (Å²) >= 11 is 0. The van der Waals surface area contributed by atoms with Gasteiger partial charge in [-0.2, -0.15) is 0 Å². The van der Waals surface area contributed by atoms with Gasteiger partial charge in [0.05, 0.1) is 5.54 Å². The Morgan fingerprint density at radius 2 is 2.06 bits per heavy atom. The molecule has 0 heterocycles. The second kappa shape index (κ2) is 4.39. The average molecular weight is 267 g/mol. The van der Waals surface area contributed by atoms with E-state index in [1.165, 1.54) is 5.56 Å². The molecular weight excluding hydrogens is 250 g/mol. The third kappa shape index (κ3) is 2.72. The number of hydrogen-bond donors (Lipinski definition) is 1. The summed E-state index contributed by atoms with van der Waals surface area (Å²) in [6.45, 7) is 1.94. The van der Waals surface area contributed by atoms with Crippen LogP contribution in [0.4, 0.5) is 0 Å². The fourth-order valence-corrected chi connectivity index (χ4v) is 3.06. The van der Waals surface area contributed by atoms with Crippen LogP contribution in [-0.4, -0.2) is 26.3 Å². The van der Waals surface area contributed by atoms with Gasteiger partial charge in [0.2, 0.25) is 5.91 Å². The van der Waals surface area contributed by atoms with Crippen LogP contribution >= 0.6 is 0 Å². The van der Waals surface area contributed by atoms with Crippen molar-refractivity contribution >= 4 is 15.7 Å². The molecule has 0 radical (unpaired) electrons. The summed E-state index contributed by atoms with van der Waals surface area (Å²) in [7, 11) is -3.28.